The molecule has 174 valence electrons. The molecule has 1 rings (SSSR count). The van der Waals surface area contributed by atoms with Crippen LogP contribution in [0.4, 0.5) is 5.69 Å². The molecule has 31 heavy (non-hydrogen) atoms. The van der Waals surface area contributed by atoms with E-state index in [0.717, 1.165) is 12.1 Å². The van der Waals surface area contributed by atoms with Gasteiger partial charge in [-0.2, -0.15) is 0 Å². The van der Waals surface area contributed by atoms with E-state index in [1.54, 1.807) is 13.8 Å². The molecule has 0 radical (unpaired) electrons. The minimum absolute atomic E-state index is 0.132. The molecule has 0 saturated heterocycles. The summed E-state index contributed by atoms with van der Waals surface area (Å²) in [6.07, 6.45) is 1.54. The summed E-state index contributed by atoms with van der Waals surface area (Å²) in [7, 11) is 2.47. The molecule has 0 aliphatic carbocycles. The van der Waals surface area contributed by atoms with E-state index in [0.29, 0.717) is 13.0 Å². The molecular weight excluding hydrogens is 404 g/mol. The van der Waals surface area contributed by atoms with Gasteiger partial charge in [0.05, 0.1) is 20.8 Å². The number of anilines is 1. The van der Waals surface area contributed by atoms with E-state index in [1.165, 1.54) is 19.1 Å². The number of para-hydroxylation sites is 1. The Balaban J connectivity index is 3.00. The summed E-state index contributed by atoms with van der Waals surface area (Å²) >= 11 is 0. The average Bonchev–Trinajstić information content (AvgIpc) is 2.78. The molecule has 1 N–H and O–H groups in total. The highest BCUT2D eigenvalue weighted by atomic mass is 16.6. The van der Waals surface area contributed by atoms with Crippen molar-refractivity contribution in [3.8, 4) is 0 Å². The van der Waals surface area contributed by atoms with Crippen molar-refractivity contribution in [2.24, 2.45) is 0 Å². The number of esters is 3. The molecule has 0 amide bonds. The second-order valence-electron chi connectivity index (χ2n) is 6.70. The van der Waals surface area contributed by atoms with Gasteiger partial charge in [0, 0.05) is 25.3 Å². The van der Waals surface area contributed by atoms with Crippen LogP contribution in [0.15, 0.2) is 30.3 Å². The maximum absolute atomic E-state index is 13.0. The van der Waals surface area contributed by atoms with Crippen molar-refractivity contribution in [3.05, 3.63) is 30.3 Å². The van der Waals surface area contributed by atoms with Crippen molar-refractivity contribution in [3.63, 3.8) is 0 Å². The molecule has 0 saturated carbocycles. The first-order valence-electron chi connectivity index (χ1n) is 10.4. The summed E-state index contributed by atoms with van der Waals surface area (Å²) < 4.78 is 20.7. The molecule has 1 aromatic rings. The minimum atomic E-state index is -1.61. The molecule has 0 bridgehead atoms. The molecular formula is C22H34N2O7. The SMILES string of the molecule is CCOC(=O)[C@](CCCCNc1ccccc1)(OCC)N(CC(=O)OC)CC(=O)OC. The Morgan fingerprint density at radius 3 is 2.06 bits per heavy atom. The lowest BCUT2D eigenvalue weighted by molar-refractivity contribution is -0.208. The monoisotopic (exact) mass is 438 g/mol. The summed E-state index contributed by atoms with van der Waals surface area (Å²) in [5.74, 6) is -1.87. The van der Waals surface area contributed by atoms with Gasteiger partial charge < -0.3 is 24.3 Å². The van der Waals surface area contributed by atoms with Gasteiger partial charge in [0.1, 0.15) is 13.1 Å². The Kier molecular flexibility index (Phi) is 12.2. The van der Waals surface area contributed by atoms with Crippen LogP contribution in [-0.2, 0) is 33.3 Å². The second-order valence-corrected chi connectivity index (χ2v) is 6.70. The molecule has 9 heteroatoms. The Bertz CT molecular complexity index is 666. The van der Waals surface area contributed by atoms with Crippen LogP contribution in [-0.4, -0.2) is 75.6 Å². The first kappa shape index (κ1) is 26.4. The number of ether oxygens (including phenoxy) is 4. The van der Waals surface area contributed by atoms with Crippen LogP contribution in [0, 0.1) is 0 Å². The lowest BCUT2D eigenvalue weighted by Crippen LogP contribution is -2.60. The van der Waals surface area contributed by atoms with Crippen molar-refractivity contribution >= 4 is 23.6 Å². The number of hydrogen-bond donors (Lipinski definition) is 1. The van der Waals surface area contributed by atoms with Crippen molar-refractivity contribution in [1.82, 2.24) is 4.90 Å². The number of methoxy groups -OCH3 is 2. The summed E-state index contributed by atoms with van der Waals surface area (Å²) in [6.45, 7) is 3.76. The number of unbranched alkanes of at least 4 members (excludes halogenated alkanes) is 1. The zero-order valence-electron chi connectivity index (χ0n) is 18.8. The maximum Gasteiger partial charge on any atom is 0.354 e. The van der Waals surface area contributed by atoms with Gasteiger partial charge in [0.25, 0.3) is 0 Å². The molecule has 0 fully saturated rings. The molecule has 1 aromatic carbocycles. The minimum Gasteiger partial charge on any atom is -0.468 e. The van der Waals surface area contributed by atoms with Crippen LogP contribution in [0.5, 0.6) is 0 Å². The first-order valence-corrected chi connectivity index (χ1v) is 10.4. The number of nitrogens with one attached hydrogen (secondary N) is 1. The molecule has 0 spiro atoms. The molecule has 9 nitrogen and oxygen atoms in total. The largest absolute Gasteiger partial charge is 0.468 e. The quantitative estimate of drug-likeness (QED) is 0.191. The van der Waals surface area contributed by atoms with Crippen molar-refractivity contribution < 1.29 is 33.3 Å². The molecule has 0 aliphatic heterocycles. The van der Waals surface area contributed by atoms with Gasteiger partial charge in [-0.05, 0) is 38.8 Å². The normalized spacial score (nSPS) is 12.7. The topological polar surface area (TPSA) is 103 Å². The highest BCUT2D eigenvalue weighted by Gasteiger charge is 2.48. The Hall–Kier alpha value is -2.65. The predicted octanol–water partition coefficient (Wildman–Crippen LogP) is 2.21. The van der Waals surface area contributed by atoms with Crippen LogP contribution >= 0.6 is 0 Å². The van der Waals surface area contributed by atoms with E-state index < -0.39 is 23.6 Å². The van der Waals surface area contributed by atoms with Crippen molar-refractivity contribution in [2.75, 3.05) is 52.4 Å². The number of carbonyl (C=O) groups is 3. The van der Waals surface area contributed by atoms with Crippen LogP contribution in [0.25, 0.3) is 0 Å². The molecule has 0 aliphatic rings. The van der Waals surface area contributed by atoms with Gasteiger partial charge in [0.2, 0.25) is 5.72 Å². The number of hydrogen-bond acceptors (Lipinski definition) is 9. The van der Waals surface area contributed by atoms with E-state index in [2.05, 4.69) is 5.32 Å². The van der Waals surface area contributed by atoms with Gasteiger partial charge in [-0.3, -0.25) is 9.59 Å². The average molecular weight is 439 g/mol. The summed E-state index contributed by atoms with van der Waals surface area (Å²) in [5, 5.41) is 3.31. The Morgan fingerprint density at radius 1 is 0.935 bits per heavy atom. The van der Waals surface area contributed by atoms with Crippen LogP contribution in [0.3, 0.4) is 0 Å². The smallest absolute Gasteiger partial charge is 0.354 e. The summed E-state index contributed by atoms with van der Waals surface area (Å²) in [4.78, 5) is 38.4. The molecule has 0 unspecified atom stereocenters. The third-order valence-electron chi connectivity index (χ3n) is 4.63. The first-order chi connectivity index (χ1) is 14.9. The van der Waals surface area contributed by atoms with Crippen LogP contribution < -0.4 is 5.32 Å². The van der Waals surface area contributed by atoms with Gasteiger partial charge in [-0.25, -0.2) is 9.69 Å². The van der Waals surface area contributed by atoms with Gasteiger partial charge in [-0.1, -0.05) is 18.2 Å². The Morgan fingerprint density at radius 2 is 1.55 bits per heavy atom. The number of carbonyl (C=O) groups excluding carboxylic acids is 3. The van der Waals surface area contributed by atoms with E-state index >= 15 is 0 Å². The fourth-order valence-corrected chi connectivity index (χ4v) is 3.12. The summed E-state index contributed by atoms with van der Waals surface area (Å²) in [6, 6.07) is 9.77. The van der Waals surface area contributed by atoms with E-state index in [1.807, 2.05) is 30.3 Å². The third kappa shape index (κ3) is 8.55. The number of nitrogens with zero attached hydrogens (tertiary/aromatic N) is 1. The van der Waals surface area contributed by atoms with Gasteiger partial charge in [0.15, 0.2) is 0 Å². The van der Waals surface area contributed by atoms with Crippen molar-refractivity contribution in [2.45, 2.75) is 38.8 Å². The van der Waals surface area contributed by atoms with E-state index in [-0.39, 0.29) is 32.7 Å². The fourth-order valence-electron chi connectivity index (χ4n) is 3.12. The second kappa shape index (κ2) is 14.4. The highest BCUT2D eigenvalue weighted by Crippen LogP contribution is 2.27. The summed E-state index contributed by atoms with van der Waals surface area (Å²) in [5.41, 5.74) is -0.609. The van der Waals surface area contributed by atoms with E-state index in [4.69, 9.17) is 18.9 Å². The zero-order chi connectivity index (χ0) is 23.1. The Labute approximate surface area is 184 Å². The van der Waals surface area contributed by atoms with E-state index in [9.17, 15) is 14.4 Å². The predicted molar refractivity (Wildman–Crippen MR) is 115 cm³/mol. The maximum atomic E-state index is 13.0. The molecule has 1 atom stereocenters. The van der Waals surface area contributed by atoms with Gasteiger partial charge in [-0.15, -0.1) is 0 Å². The standard InChI is InChI=1S/C22H34N2O7/c1-5-30-21(27)22(31-6-2,24(16-19(25)28-3)17-20(26)29-4)14-10-11-15-23-18-12-8-7-9-13-18/h7-9,12-13,23H,5-6,10-11,14-17H2,1-4H3/t22-/m0/s1. The van der Waals surface area contributed by atoms with Gasteiger partial charge >= 0.3 is 17.9 Å². The lowest BCUT2D eigenvalue weighted by atomic mass is 10.0. The third-order valence-corrected chi connectivity index (χ3v) is 4.63. The van der Waals surface area contributed by atoms with Crippen molar-refractivity contribution in [1.29, 1.82) is 0 Å². The lowest BCUT2D eigenvalue weighted by Gasteiger charge is -2.40. The number of benzene rings is 1. The van der Waals surface area contributed by atoms with Crippen LogP contribution in [0.2, 0.25) is 0 Å². The fraction of sp³-hybridized carbons (Fsp3) is 0.591. The number of rotatable bonds is 15. The van der Waals surface area contributed by atoms with Crippen LogP contribution in [0.1, 0.15) is 33.1 Å². The highest BCUT2D eigenvalue weighted by molar-refractivity contribution is 5.82. The molecule has 0 heterocycles. The zero-order valence-corrected chi connectivity index (χ0v) is 18.8. The molecule has 0 aromatic heterocycles.